The van der Waals surface area contributed by atoms with Gasteiger partial charge < -0.3 is 10.1 Å². The third-order valence-electron chi connectivity index (χ3n) is 3.11. The molecular formula is C15H22N4O. The quantitative estimate of drug-likeness (QED) is 0.748. The molecule has 20 heavy (non-hydrogen) atoms. The summed E-state index contributed by atoms with van der Waals surface area (Å²) in [6.45, 7) is 4.55. The largest absolute Gasteiger partial charge is 0.383 e. The lowest BCUT2D eigenvalue weighted by Gasteiger charge is -2.09. The van der Waals surface area contributed by atoms with E-state index in [9.17, 15) is 0 Å². The fraction of sp³-hybridized carbons (Fsp3) is 0.467. The summed E-state index contributed by atoms with van der Waals surface area (Å²) < 4.78 is 6.98. The molecule has 108 valence electrons. The topological polar surface area (TPSA) is 52.0 Å². The van der Waals surface area contributed by atoms with E-state index in [-0.39, 0.29) is 0 Å². The summed E-state index contributed by atoms with van der Waals surface area (Å²) in [5, 5.41) is 7.85. The number of pyridine rings is 1. The molecule has 0 aliphatic carbocycles. The normalized spacial score (nSPS) is 10.9. The Kier molecular flexibility index (Phi) is 5.70. The van der Waals surface area contributed by atoms with Gasteiger partial charge in [-0.25, -0.2) is 9.67 Å². The van der Waals surface area contributed by atoms with Crippen molar-refractivity contribution in [2.24, 2.45) is 0 Å². The summed E-state index contributed by atoms with van der Waals surface area (Å²) in [6.07, 6.45) is 5.81. The van der Waals surface area contributed by atoms with Crippen LogP contribution < -0.4 is 5.32 Å². The molecule has 0 atom stereocenters. The highest BCUT2D eigenvalue weighted by Gasteiger charge is 2.11. The predicted molar refractivity (Wildman–Crippen MR) is 78.9 cm³/mol. The van der Waals surface area contributed by atoms with E-state index in [1.807, 2.05) is 29.1 Å². The smallest absolute Gasteiger partial charge is 0.153 e. The standard InChI is InChI=1S/C15H22N4O/c1-3-6-14-13(11-16-9-10-20-2)12-18-19(14)15-7-4-5-8-17-15/h4-5,7-8,12,16H,3,6,9-11H2,1-2H3. The predicted octanol–water partition coefficient (Wildman–Crippen LogP) is 1.96. The Labute approximate surface area is 120 Å². The van der Waals surface area contributed by atoms with Crippen LogP contribution in [0.3, 0.4) is 0 Å². The SMILES string of the molecule is CCCc1c(CNCCOC)cnn1-c1ccccn1. The Morgan fingerprint density at radius 3 is 2.95 bits per heavy atom. The molecule has 0 spiro atoms. The minimum atomic E-state index is 0.720. The van der Waals surface area contributed by atoms with Gasteiger partial charge in [-0.05, 0) is 18.6 Å². The van der Waals surface area contributed by atoms with Crippen LogP contribution in [-0.2, 0) is 17.7 Å². The Hall–Kier alpha value is -1.72. The highest BCUT2D eigenvalue weighted by atomic mass is 16.5. The number of methoxy groups -OCH3 is 1. The van der Waals surface area contributed by atoms with Crippen molar-refractivity contribution >= 4 is 0 Å². The second kappa shape index (κ2) is 7.77. The molecule has 0 radical (unpaired) electrons. The van der Waals surface area contributed by atoms with Crippen molar-refractivity contribution in [2.75, 3.05) is 20.3 Å². The Morgan fingerprint density at radius 2 is 2.25 bits per heavy atom. The highest BCUT2D eigenvalue weighted by molar-refractivity contribution is 5.29. The average Bonchev–Trinajstić information content (AvgIpc) is 2.88. The second-order valence-corrected chi connectivity index (χ2v) is 4.64. The first-order chi connectivity index (χ1) is 9.86. The van der Waals surface area contributed by atoms with Crippen molar-refractivity contribution < 1.29 is 4.74 Å². The summed E-state index contributed by atoms with van der Waals surface area (Å²) in [5.74, 6) is 0.874. The van der Waals surface area contributed by atoms with Crippen LogP contribution in [0.1, 0.15) is 24.6 Å². The maximum atomic E-state index is 5.04. The fourth-order valence-electron chi connectivity index (χ4n) is 2.13. The van der Waals surface area contributed by atoms with E-state index in [2.05, 4.69) is 22.3 Å². The van der Waals surface area contributed by atoms with Crippen LogP contribution in [0.15, 0.2) is 30.6 Å². The minimum absolute atomic E-state index is 0.720. The molecule has 0 aliphatic rings. The molecule has 0 aliphatic heterocycles. The monoisotopic (exact) mass is 274 g/mol. The minimum Gasteiger partial charge on any atom is -0.383 e. The number of nitrogens with one attached hydrogen (secondary N) is 1. The summed E-state index contributed by atoms with van der Waals surface area (Å²) in [5.41, 5.74) is 2.46. The number of rotatable bonds is 8. The zero-order valence-electron chi connectivity index (χ0n) is 12.2. The van der Waals surface area contributed by atoms with Gasteiger partial charge in [0.05, 0.1) is 18.5 Å². The number of hydrogen-bond donors (Lipinski definition) is 1. The number of hydrogen-bond acceptors (Lipinski definition) is 4. The highest BCUT2D eigenvalue weighted by Crippen LogP contribution is 2.15. The number of aromatic nitrogens is 3. The van der Waals surface area contributed by atoms with Crippen molar-refractivity contribution in [3.63, 3.8) is 0 Å². The molecule has 0 unspecified atom stereocenters. The molecule has 2 aromatic heterocycles. The molecule has 2 aromatic rings. The zero-order valence-corrected chi connectivity index (χ0v) is 12.2. The molecule has 5 nitrogen and oxygen atoms in total. The van der Waals surface area contributed by atoms with Crippen LogP contribution in [-0.4, -0.2) is 35.0 Å². The molecule has 0 fully saturated rings. The van der Waals surface area contributed by atoms with Crippen molar-refractivity contribution in [3.05, 3.63) is 41.9 Å². The van der Waals surface area contributed by atoms with Gasteiger partial charge in [0.1, 0.15) is 0 Å². The Morgan fingerprint density at radius 1 is 1.35 bits per heavy atom. The molecule has 0 amide bonds. The first-order valence-electron chi connectivity index (χ1n) is 7.03. The van der Waals surface area contributed by atoms with Crippen molar-refractivity contribution in [1.29, 1.82) is 0 Å². The second-order valence-electron chi connectivity index (χ2n) is 4.64. The molecule has 0 bridgehead atoms. The van der Waals surface area contributed by atoms with Crippen LogP contribution >= 0.6 is 0 Å². The third kappa shape index (κ3) is 3.65. The molecule has 0 saturated heterocycles. The maximum absolute atomic E-state index is 5.04. The summed E-state index contributed by atoms with van der Waals surface area (Å²) in [7, 11) is 1.71. The number of ether oxygens (including phenoxy) is 1. The van der Waals surface area contributed by atoms with E-state index in [1.54, 1.807) is 13.3 Å². The molecule has 0 saturated carbocycles. The summed E-state index contributed by atoms with van der Waals surface area (Å²) in [4.78, 5) is 4.37. The Bertz CT molecular complexity index is 510. The van der Waals surface area contributed by atoms with E-state index >= 15 is 0 Å². The first kappa shape index (κ1) is 14.7. The van der Waals surface area contributed by atoms with Gasteiger partial charge in [0.15, 0.2) is 5.82 Å². The van der Waals surface area contributed by atoms with Gasteiger partial charge in [-0.15, -0.1) is 0 Å². The molecule has 1 N–H and O–H groups in total. The molecule has 0 aromatic carbocycles. The van der Waals surface area contributed by atoms with Crippen LogP contribution in [0.25, 0.3) is 5.82 Å². The van der Waals surface area contributed by atoms with E-state index in [0.29, 0.717) is 0 Å². The van der Waals surface area contributed by atoms with Gasteiger partial charge in [-0.2, -0.15) is 5.10 Å². The molecular weight excluding hydrogens is 252 g/mol. The molecule has 5 heteroatoms. The molecule has 2 rings (SSSR count). The Balaban J connectivity index is 2.15. The van der Waals surface area contributed by atoms with Crippen molar-refractivity contribution in [2.45, 2.75) is 26.3 Å². The van der Waals surface area contributed by atoms with E-state index < -0.39 is 0 Å². The number of nitrogens with zero attached hydrogens (tertiary/aromatic N) is 3. The van der Waals surface area contributed by atoms with Crippen LogP contribution in [0.4, 0.5) is 0 Å². The van der Waals surface area contributed by atoms with Gasteiger partial charge in [0.25, 0.3) is 0 Å². The van der Waals surface area contributed by atoms with Gasteiger partial charge in [0.2, 0.25) is 0 Å². The third-order valence-corrected chi connectivity index (χ3v) is 3.11. The van der Waals surface area contributed by atoms with E-state index in [0.717, 1.165) is 38.4 Å². The van der Waals surface area contributed by atoms with E-state index in [1.165, 1.54) is 11.3 Å². The van der Waals surface area contributed by atoms with E-state index in [4.69, 9.17) is 4.74 Å². The van der Waals surface area contributed by atoms with Crippen molar-refractivity contribution in [3.8, 4) is 5.82 Å². The maximum Gasteiger partial charge on any atom is 0.153 e. The van der Waals surface area contributed by atoms with Gasteiger partial charge in [-0.1, -0.05) is 19.4 Å². The van der Waals surface area contributed by atoms with Crippen molar-refractivity contribution in [1.82, 2.24) is 20.1 Å². The van der Waals surface area contributed by atoms with Crippen LogP contribution in [0.5, 0.6) is 0 Å². The summed E-state index contributed by atoms with van der Waals surface area (Å²) in [6, 6.07) is 5.88. The van der Waals surface area contributed by atoms with Crippen LogP contribution in [0.2, 0.25) is 0 Å². The zero-order chi connectivity index (χ0) is 14.2. The molecule has 2 heterocycles. The average molecular weight is 274 g/mol. The lowest BCUT2D eigenvalue weighted by molar-refractivity contribution is 0.199. The van der Waals surface area contributed by atoms with Crippen LogP contribution in [0, 0.1) is 0 Å². The first-order valence-corrected chi connectivity index (χ1v) is 7.03. The fourth-order valence-corrected chi connectivity index (χ4v) is 2.13. The summed E-state index contributed by atoms with van der Waals surface area (Å²) >= 11 is 0. The van der Waals surface area contributed by atoms with Gasteiger partial charge in [0, 0.05) is 32.0 Å². The lowest BCUT2D eigenvalue weighted by Crippen LogP contribution is -2.19. The van der Waals surface area contributed by atoms with Gasteiger partial charge in [-0.3, -0.25) is 0 Å². The lowest BCUT2D eigenvalue weighted by atomic mass is 10.1. The van der Waals surface area contributed by atoms with Gasteiger partial charge >= 0.3 is 0 Å².